The first-order chi connectivity index (χ1) is 12.9. The van der Waals surface area contributed by atoms with E-state index in [4.69, 9.17) is 0 Å². The van der Waals surface area contributed by atoms with E-state index >= 15 is 0 Å². The van der Waals surface area contributed by atoms with Gasteiger partial charge in [0.15, 0.2) is 0 Å². The minimum atomic E-state index is -0.208. The molecule has 1 aliphatic heterocycles. The molecule has 1 saturated carbocycles. The summed E-state index contributed by atoms with van der Waals surface area (Å²) in [6.45, 7) is 9.23. The lowest BCUT2D eigenvalue weighted by atomic mass is 9.99. The van der Waals surface area contributed by atoms with Gasteiger partial charge in [0.05, 0.1) is 0 Å². The Morgan fingerprint density at radius 3 is 2.70 bits per heavy atom. The van der Waals surface area contributed by atoms with Gasteiger partial charge in [-0.25, -0.2) is 4.79 Å². The molecule has 6 nitrogen and oxygen atoms in total. The first kappa shape index (κ1) is 19.7. The van der Waals surface area contributed by atoms with Crippen LogP contribution >= 0.6 is 0 Å². The Morgan fingerprint density at radius 2 is 2.00 bits per heavy atom. The summed E-state index contributed by atoms with van der Waals surface area (Å²) in [7, 11) is 0. The number of anilines is 2. The van der Waals surface area contributed by atoms with E-state index in [1.165, 1.54) is 12.8 Å². The Labute approximate surface area is 162 Å². The first-order valence-corrected chi connectivity index (χ1v) is 10.1. The number of piperidine rings is 1. The lowest BCUT2D eigenvalue weighted by molar-refractivity contribution is -0.117. The number of rotatable bonds is 6. The van der Waals surface area contributed by atoms with E-state index in [9.17, 15) is 9.59 Å². The first-order valence-electron chi connectivity index (χ1n) is 10.1. The molecule has 1 aromatic carbocycles. The largest absolute Gasteiger partial charge is 0.336 e. The van der Waals surface area contributed by atoms with Gasteiger partial charge in [-0.3, -0.25) is 9.69 Å². The summed E-state index contributed by atoms with van der Waals surface area (Å²) < 4.78 is 0. The topological polar surface area (TPSA) is 73.5 Å². The van der Waals surface area contributed by atoms with Gasteiger partial charge < -0.3 is 16.0 Å². The van der Waals surface area contributed by atoms with Crippen molar-refractivity contribution in [2.24, 2.45) is 11.8 Å². The highest BCUT2D eigenvalue weighted by Crippen LogP contribution is 2.30. The molecule has 0 radical (unpaired) electrons. The lowest BCUT2D eigenvalue weighted by Crippen LogP contribution is -2.47. The predicted octanol–water partition coefficient (Wildman–Crippen LogP) is 3.59. The quantitative estimate of drug-likeness (QED) is 0.714. The predicted molar refractivity (Wildman–Crippen MR) is 109 cm³/mol. The van der Waals surface area contributed by atoms with Gasteiger partial charge in [-0.2, -0.15) is 0 Å². The molecule has 148 valence electrons. The standard InChI is InChI=1S/C21H32N4O2/c1-14-5-4-10-25(13-14)16(3)12-22-21(27)24-19-11-18(9-6-15(19)2)23-20(26)17-7-8-17/h6,9,11,14,16-17H,4-5,7-8,10,12-13H2,1-3H3,(H,23,26)(H2,22,24,27). The van der Waals surface area contributed by atoms with Gasteiger partial charge in [0.1, 0.15) is 0 Å². The van der Waals surface area contributed by atoms with Gasteiger partial charge in [-0.05, 0) is 69.7 Å². The second-order valence-electron chi connectivity index (χ2n) is 8.22. The van der Waals surface area contributed by atoms with Crippen LogP contribution in [0.3, 0.4) is 0 Å². The Kier molecular flexibility index (Phi) is 6.37. The minimum Gasteiger partial charge on any atom is -0.336 e. The van der Waals surface area contributed by atoms with Gasteiger partial charge >= 0.3 is 6.03 Å². The molecule has 0 aromatic heterocycles. The average Bonchev–Trinajstić information content (AvgIpc) is 3.48. The van der Waals surface area contributed by atoms with Gasteiger partial charge in [0, 0.05) is 36.4 Å². The highest BCUT2D eigenvalue weighted by atomic mass is 16.2. The number of aryl methyl sites for hydroxylation is 1. The Bertz CT molecular complexity index is 687. The summed E-state index contributed by atoms with van der Waals surface area (Å²) in [6, 6.07) is 5.73. The van der Waals surface area contributed by atoms with Crippen molar-refractivity contribution in [3.05, 3.63) is 23.8 Å². The number of benzene rings is 1. The van der Waals surface area contributed by atoms with Crippen molar-refractivity contribution in [1.29, 1.82) is 0 Å². The van der Waals surface area contributed by atoms with E-state index in [0.717, 1.165) is 48.8 Å². The van der Waals surface area contributed by atoms with Crippen LogP contribution in [0.5, 0.6) is 0 Å². The zero-order chi connectivity index (χ0) is 19.4. The maximum absolute atomic E-state index is 12.3. The van der Waals surface area contributed by atoms with E-state index in [1.54, 1.807) is 0 Å². The molecule has 3 N–H and O–H groups in total. The van der Waals surface area contributed by atoms with Gasteiger partial charge in [0.25, 0.3) is 0 Å². The van der Waals surface area contributed by atoms with Crippen molar-refractivity contribution in [3.63, 3.8) is 0 Å². The number of hydrogen-bond donors (Lipinski definition) is 3. The average molecular weight is 373 g/mol. The highest BCUT2D eigenvalue weighted by Gasteiger charge is 2.29. The molecule has 3 amide bonds. The van der Waals surface area contributed by atoms with Crippen molar-refractivity contribution < 1.29 is 9.59 Å². The molecule has 1 heterocycles. The number of likely N-dealkylation sites (tertiary alicyclic amines) is 1. The van der Waals surface area contributed by atoms with Crippen LogP contribution in [0.1, 0.15) is 45.1 Å². The van der Waals surface area contributed by atoms with Crippen molar-refractivity contribution in [3.8, 4) is 0 Å². The lowest BCUT2D eigenvalue weighted by Gasteiger charge is -2.35. The molecule has 1 saturated heterocycles. The van der Waals surface area contributed by atoms with Crippen molar-refractivity contribution >= 4 is 23.3 Å². The molecule has 27 heavy (non-hydrogen) atoms. The highest BCUT2D eigenvalue weighted by molar-refractivity contribution is 5.96. The summed E-state index contributed by atoms with van der Waals surface area (Å²) in [5.74, 6) is 0.954. The van der Waals surface area contributed by atoms with Crippen molar-refractivity contribution in [1.82, 2.24) is 10.2 Å². The maximum atomic E-state index is 12.3. The number of urea groups is 1. The maximum Gasteiger partial charge on any atom is 0.319 e. The normalized spacial score (nSPS) is 21.4. The molecular weight excluding hydrogens is 340 g/mol. The van der Waals surface area contributed by atoms with Crippen LogP contribution in [0.2, 0.25) is 0 Å². The van der Waals surface area contributed by atoms with E-state index in [1.807, 2.05) is 25.1 Å². The molecule has 1 aliphatic carbocycles. The molecule has 1 aromatic rings. The van der Waals surface area contributed by atoms with Crippen LogP contribution in [0, 0.1) is 18.8 Å². The Morgan fingerprint density at radius 1 is 1.22 bits per heavy atom. The molecule has 2 unspecified atom stereocenters. The zero-order valence-corrected chi connectivity index (χ0v) is 16.7. The second kappa shape index (κ2) is 8.74. The molecule has 2 fully saturated rings. The van der Waals surface area contributed by atoms with E-state index in [-0.39, 0.29) is 17.9 Å². The fraction of sp³-hybridized carbons (Fsp3) is 0.619. The summed E-state index contributed by atoms with van der Waals surface area (Å²) in [6.07, 6.45) is 4.47. The van der Waals surface area contributed by atoms with E-state index in [0.29, 0.717) is 12.6 Å². The third-order valence-corrected chi connectivity index (χ3v) is 5.57. The van der Waals surface area contributed by atoms with Crippen LogP contribution in [-0.4, -0.2) is 42.5 Å². The molecule has 0 bridgehead atoms. The third kappa shape index (κ3) is 5.70. The number of nitrogens with one attached hydrogen (secondary N) is 3. The van der Waals surface area contributed by atoms with Crippen LogP contribution in [0.25, 0.3) is 0 Å². The van der Waals surface area contributed by atoms with Gasteiger partial charge in [-0.15, -0.1) is 0 Å². The van der Waals surface area contributed by atoms with Crippen LogP contribution in [0.4, 0.5) is 16.2 Å². The van der Waals surface area contributed by atoms with E-state index in [2.05, 4.69) is 34.7 Å². The summed E-state index contributed by atoms with van der Waals surface area (Å²) in [5.41, 5.74) is 2.41. The fourth-order valence-corrected chi connectivity index (χ4v) is 3.59. The SMILES string of the molecule is Cc1ccc(NC(=O)C2CC2)cc1NC(=O)NCC(C)N1CCCC(C)C1. The zero-order valence-electron chi connectivity index (χ0n) is 16.7. The van der Waals surface area contributed by atoms with Crippen molar-refractivity contribution in [2.75, 3.05) is 30.3 Å². The summed E-state index contributed by atoms with van der Waals surface area (Å²) in [4.78, 5) is 26.7. The molecule has 3 rings (SSSR count). The number of amides is 3. The second-order valence-corrected chi connectivity index (χ2v) is 8.22. The molecule has 6 heteroatoms. The fourth-order valence-electron chi connectivity index (χ4n) is 3.59. The van der Waals surface area contributed by atoms with Crippen LogP contribution in [-0.2, 0) is 4.79 Å². The number of hydrogen-bond acceptors (Lipinski definition) is 3. The third-order valence-electron chi connectivity index (χ3n) is 5.57. The number of nitrogens with zero attached hydrogens (tertiary/aromatic N) is 1. The molecule has 2 atom stereocenters. The summed E-state index contributed by atoms with van der Waals surface area (Å²) in [5, 5.41) is 8.82. The molecule has 2 aliphatic rings. The van der Waals surface area contributed by atoms with Gasteiger partial charge in [-0.1, -0.05) is 13.0 Å². The summed E-state index contributed by atoms with van der Waals surface area (Å²) >= 11 is 0. The van der Waals surface area contributed by atoms with Crippen LogP contribution < -0.4 is 16.0 Å². The number of carbonyl (C=O) groups is 2. The Balaban J connectivity index is 1.50. The van der Waals surface area contributed by atoms with Crippen LogP contribution in [0.15, 0.2) is 18.2 Å². The monoisotopic (exact) mass is 372 g/mol. The minimum absolute atomic E-state index is 0.0684. The van der Waals surface area contributed by atoms with E-state index < -0.39 is 0 Å². The smallest absolute Gasteiger partial charge is 0.319 e. The molecular formula is C21H32N4O2. The number of carbonyl (C=O) groups excluding carboxylic acids is 2. The Hall–Kier alpha value is -2.08. The molecule has 0 spiro atoms. The van der Waals surface area contributed by atoms with Crippen molar-refractivity contribution in [2.45, 2.75) is 52.5 Å². The van der Waals surface area contributed by atoms with Gasteiger partial charge in [0.2, 0.25) is 5.91 Å².